The van der Waals surface area contributed by atoms with Crippen molar-refractivity contribution in [3.05, 3.63) is 106 Å². The summed E-state index contributed by atoms with van der Waals surface area (Å²) in [5.74, 6) is 0. The monoisotopic (exact) mass is 398 g/mol. The minimum absolute atomic E-state index is 0.173. The summed E-state index contributed by atoms with van der Waals surface area (Å²) in [5.41, 5.74) is 3.77. The van der Waals surface area contributed by atoms with E-state index < -0.39 is 0 Å². The van der Waals surface area contributed by atoms with Gasteiger partial charge in [0.15, 0.2) is 0 Å². The number of anilines is 1. The number of aromatic nitrogens is 2. The zero-order chi connectivity index (χ0) is 20.9. The molecule has 0 radical (unpaired) electrons. The molecule has 0 saturated carbocycles. The van der Waals surface area contributed by atoms with Gasteiger partial charge in [0.1, 0.15) is 0 Å². The van der Waals surface area contributed by atoms with Crippen molar-refractivity contribution in [3.8, 4) is 0 Å². The second-order valence-electron chi connectivity index (χ2n) is 7.23. The van der Waals surface area contributed by atoms with Gasteiger partial charge < -0.3 is 15.2 Å². The summed E-state index contributed by atoms with van der Waals surface area (Å²) >= 11 is 0. The van der Waals surface area contributed by atoms with E-state index in [0.717, 1.165) is 22.0 Å². The number of fused-ring (bicyclic) bond motifs is 1. The number of hydrogen-bond acceptors (Lipinski definition) is 3. The van der Waals surface area contributed by atoms with Crippen LogP contribution in [0.1, 0.15) is 16.7 Å². The van der Waals surface area contributed by atoms with Crippen molar-refractivity contribution in [3.63, 3.8) is 0 Å². The van der Waals surface area contributed by atoms with E-state index in [-0.39, 0.29) is 18.1 Å². The third-order valence-electron chi connectivity index (χ3n) is 4.85. The van der Waals surface area contributed by atoms with Gasteiger partial charge in [0, 0.05) is 35.7 Å². The number of aromatic amines is 1. The van der Waals surface area contributed by atoms with E-state index in [1.165, 1.54) is 0 Å². The minimum atomic E-state index is -0.284. The standard InChI is InChI=1S/C24H22N4O2/c1-17-9-10-19-13-20(23(29)27-22(19)12-17)16-28(15-18-6-5-11-25-14-18)24(30)26-21-7-3-2-4-8-21/h2-14H,15-16H2,1H3,(H,26,30)(H,27,29). The van der Waals surface area contributed by atoms with Crippen molar-refractivity contribution in [1.29, 1.82) is 0 Å². The van der Waals surface area contributed by atoms with Crippen molar-refractivity contribution in [2.24, 2.45) is 0 Å². The van der Waals surface area contributed by atoms with Crippen LogP contribution < -0.4 is 10.9 Å². The highest BCUT2D eigenvalue weighted by Gasteiger charge is 2.17. The first-order valence-electron chi connectivity index (χ1n) is 9.71. The van der Waals surface area contributed by atoms with Gasteiger partial charge in [-0.2, -0.15) is 0 Å². The molecule has 150 valence electrons. The number of nitrogens with one attached hydrogen (secondary N) is 2. The molecule has 0 aliphatic rings. The predicted molar refractivity (Wildman–Crippen MR) is 118 cm³/mol. The Morgan fingerprint density at radius 3 is 2.63 bits per heavy atom. The van der Waals surface area contributed by atoms with Crippen molar-refractivity contribution < 1.29 is 4.79 Å². The molecule has 0 bridgehead atoms. The zero-order valence-electron chi connectivity index (χ0n) is 16.6. The summed E-state index contributed by atoms with van der Waals surface area (Å²) in [5, 5.41) is 3.83. The zero-order valence-corrected chi connectivity index (χ0v) is 16.6. The number of hydrogen-bond donors (Lipinski definition) is 2. The Morgan fingerprint density at radius 1 is 1.03 bits per heavy atom. The quantitative estimate of drug-likeness (QED) is 0.521. The second kappa shape index (κ2) is 8.61. The average molecular weight is 398 g/mol. The van der Waals surface area contributed by atoms with E-state index in [1.807, 2.05) is 73.7 Å². The normalized spacial score (nSPS) is 10.7. The van der Waals surface area contributed by atoms with Crippen LogP contribution in [0.5, 0.6) is 0 Å². The fraction of sp³-hybridized carbons (Fsp3) is 0.125. The molecule has 0 fully saturated rings. The molecule has 2 N–H and O–H groups in total. The number of nitrogens with zero attached hydrogens (tertiary/aromatic N) is 2. The lowest BCUT2D eigenvalue weighted by atomic mass is 10.1. The molecule has 0 aliphatic carbocycles. The van der Waals surface area contributed by atoms with E-state index in [9.17, 15) is 9.59 Å². The molecule has 0 atom stereocenters. The smallest absolute Gasteiger partial charge is 0.322 e. The topological polar surface area (TPSA) is 78.1 Å². The van der Waals surface area contributed by atoms with Crippen LogP contribution in [0.2, 0.25) is 0 Å². The van der Waals surface area contributed by atoms with Gasteiger partial charge in [0.2, 0.25) is 0 Å². The summed E-state index contributed by atoms with van der Waals surface area (Å²) in [7, 11) is 0. The lowest BCUT2D eigenvalue weighted by Gasteiger charge is -2.23. The molecule has 30 heavy (non-hydrogen) atoms. The van der Waals surface area contributed by atoms with Gasteiger partial charge in [-0.05, 0) is 53.8 Å². The number of carbonyl (C=O) groups is 1. The van der Waals surface area contributed by atoms with Crippen LogP contribution in [0.15, 0.2) is 83.9 Å². The van der Waals surface area contributed by atoms with Crippen molar-refractivity contribution in [1.82, 2.24) is 14.9 Å². The SMILES string of the molecule is Cc1ccc2cc(CN(Cc3cccnc3)C(=O)Nc3ccccc3)c(=O)[nH]c2c1. The minimum Gasteiger partial charge on any atom is -0.322 e. The third-order valence-corrected chi connectivity index (χ3v) is 4.85. The first kappa shape index (κ1) is 19.4. The molecule has 6 nitrogen and oxygen atoms in total. The van der Waals surface area contributed by atoms with Gasteiger partial charge in [0.25, 0.3) is 5.56 Å². The maximum atomic E-state index is 13.0. The average Bonchev–Trinajstić information content (AvgIpc) is 2.75. The highest BCUT2D eigenvalue weighted by atomic mass is 16.2. The number of H-pyrrole nitrogens is 1. The van der Waals surface area contributed by atoms with Crippen LogP contribution in [0, 0.1) is 6.92 Å². The maximum Gasteiger partial charge on any atom is 0.322 e. The van der Waals surface area contributed by atoms with E-state index in [0.29, 0.717) is 17.8 Å². The summed E-state index contributed by atoms with van der Waals surface area (Å²) in [6, 6.07) is 20.5. The summed E-state index contributed by atoms with van der Waals surface area (Å²) in [6.07, 6.45) is 3.41. The maximum absolute atomic E-state index is 13.0. The number of amides is 2. The van der Waals surface area contributed by atoms with Crippen LogP contribution in [-0.2, 0) is 13.1 Å². The molecule has 2 aromatic carbocycles. The lowest BCUT2D eigenvalue weighted by Crippen LogP contribution is -2.35. The summed E-state index contributed by atoms with van der Waals surface area (Å²) in [4.78, 5) is 34.4. The predicted octanol–water partition coefficient (Wildman–Crippen LogP) is 4.47. The largest absolute Gasteiger partial charge is 0.322 e. The van der Waals surface area contributed by atoms with Gasteiger partial charge in [-0.1, -0.05) is 36.4 Å². The highest BCUT2D eigenvalue weighted by Crippen LogP contribution is 2.16. The lowest BCUT2D eigenvalue weighted by molar-refractivity contribution is 0.206. The third kappa shape index (κ3) is 4.55. The molecular formula is C24H22N4O2. The molecule has 0 spiro atoms. The van der Waals surface area contributed by atoms with Crippen LogP contribution >= 0.6 is 0 Å². The molecule has 0 unspecified atom stereocenters. The number of urea groups is 1. The molecule has 2 heterocycles. The first-order chi connectivity index (χ1) is 14.6. The van der Waals surface area contributed by atoms with Gasteiger partial charge in [-0.25, -0.2) is 4.79 Å². The Balaban J connectivity index is 1.64. The first-order valence-corrected chi connectivity index (χ1v) is 9.71. The van der Waals surface area contributed by atoms with Crippen LogP contribution in [-0.4, -0.2) is 20.9 Å². The number of rotatable bonds is 5. The van der Waals surface area contributed by atoms with Crippen molar-refractivity contribution in [2.45, 2.75) is 20.0 Å². The Kier molecular flexibility index (Phi) is 5.57. The molecule has 2 amide bonds. The van der Waals surface area contributed by atoms with E-state index in [4.69, 9.17) is 0 Å². The van der Waals surface area contributed by atoms with Gasteiger partial charge >= 0.3 is 6.03 Å². The molecule has 2 aromatic heterocycles. The number of para-hydroxylation sites is 1. The Labute approximate surface area is 174 Å². The fourth-order valence-corrected chi connectivity index (χ4v) is 3.32. The molecule has 0 aliphatic heterocycles. The Hall–Kier alpha value is -3.93. The molecule has 4 rings (SSSR count). The number of aryl methyl sites for hydroxylation is 1. The summed E-state index contributed by atoms with van der Waals surface area (Å²) in [6.45, 7) is 2.49. The fourth-order valence-electron chi connectivity index (χ4n) is 3.32. The van der Waals surface area contributed by atoms with E-state index in [2.05, 4.69) is 15.3 Å². The molecule has 0 saturated heterocycles. The number of benzene rings is 2. The van der Waals surface area contributed by atoms with Crippen LogP contribution in [0.3, 0.4) is 0 Å². The second-order valence-corrected chi connectivity index (χ2v) is 7.23. The van der Waals surface area contributed by atoms with Crippen LogP contribution in [0.25, 0.3) is 10.9 Å². The van der Waals surface area contributed by atoms with Crippen molar-refractivity contribution >= 4 is 22.6 Å². The van der Waals surface area contributed by atoms with Crippen LogP contribution in [0.4, 0.5) is 10.5 Å². The Morgan fingerprint density at radius 2 is 1.87 bits per heavy atom. The van der Waals surface area contributed by atoms with Crippen molar-refractivity contribution in [2.75, 3.05) is 5.32 Å². The molecule has 6 heteroatoms. The summed E-state index contributed by atoms with van der Waals surface area (Å²) < 4.78 is 0. The van der Waals surface area contributed by atoms with Gasteiger partial charge in [0.05, 0.1) is 6.54 Å². The van der Waals surface area contributed by atoms with E-state index >= 15 is 0 Å². The number of carbonyl (C=O) groups excluding carboxylic acids is 1. The van der Waals surface area contributed by atoms with Gasteiger partial charge in [-0.3, -0.25) is 9.78 Å². The Bertz CT molecular complexity index is 1220. The molecule has 4 aromatic rings. The molecular weight excluding hydrogens is 376 g/mol. The highest BCUT2D eigenvalue weighted by molar-refractivity contribution is 5.89. The van der Waals surface area contributed by atoms with E-state index in [1.54, 1.807) is 17.3 Å². The van der Waals surface area contributed by atoms with Gasteiger partial charge in [-0.15, -0.1) is 0 Å². The number of pyridine rings is 2.